The average Bonchev–Trinajstić information content (AvgIpc) is 3.32. The van der Waals surface area contributed by atoms with E-state index >= 15 is 0 Å². The molecule has 0 bridgehead atoms. The molecule has 3 aliphatic heterocycles. The van der Waals surface area contributed by atoms with Crippen LogP contribution < -0.4 is 4.72 Å². The van der Waals surface area contributed by atoms with Gasteiger partial charge in [0.15, 0.2) is 10.8 Å². The first-order valence-electron chi connectivity index (χ1n) is 14.3. The minimum Gasteiger partial charge on any atom is -0.390 e. The number of hydrogen-bond acceptors (Lipinski definition) is 8. The average molecular weight is 668 g/mol. The third-order valence-corrected chi connectivity index (χ3v) is 11.6. The van der Waals surface area contributed by atoms with E-state index in [1.54, 1.807) is 11.6 Å². The molecule has 3 aromatic rings. The van der Waals surface area contributed by atoms with E-state index in [-0.39, 0.29) is 42.7 Å². The number of nitrogens with zero attached hydrogens (tertiary/aromatic N) is 6. The Bertz CT molecular complexity index is 1740. The summed E-state index contributed by atoms with van der Waals surface area (Å²) in [6.07, 6.45) is 5.71. The quantitative estimate of drug-likeness (QED) is 0.363. The molecule has 2 aromatic heterocycles. The maximum Gasteiger partial charge on any atom is 0.333 e. The van der Waals surface area contributed by atoms with Crippen LogP contribution in [0.15, 0.2) is 52.7 Å². The van der Waals surface area contributed by atoms with Crippen LogP contribution in [0.5, 0.6) is 0 Å². The predicted octanol–water partition coefficient (Wildman–Crippen LogP) is 4.59. The minimum absolute atomic E-state index is 0.101. The molecule has 5 heterocycles. The van der Waals surface area contributed by atoms with E-state index in [0.29, 0.717) is 45.2 Å². The maximum atomic E-state index is 14.1. The third-order valence-electron chi connectivity index (χ3n) is 8.81. The third kappa shape index (κ3) is 5.47. The molecule has 10 nitrogen and oxygen atoms in total. The first-order chi connectivity index (χ1) is 21.0. The number of alkyl halides is 2. The van der Waals surface area contributed by atoms with Gasteiger partial charge >= 0.3 is 6.55 Å². The van der Waals surface area contributed by atoms with Gasteiger partial charge in [0, 0.05) is 71.7 Å². The number of fused-ring (bicyclic) bond motifs is 1. The smallest absolute Gasteiger partial charge is 0.333 e. The van der Waals surface area contributed by atoms with Gasteiger partial charge in [0.25, 0.3) is 10.2 Å². The molecule has 2 N–H and O–H groups in total. The zero-order valence-electron chi connectivity index (χ0n) is 23.3. The molecule has 44 heavy (non-hydrogen) atoms. The van der Waals surface area contributed by atoms with Crippen LogP contribution in [0.1, 0.15) is 61.0 Å². The zero-order valence-corrected chi connectivity index (χ0v) is 25.7. The summed E-state index contributed by atoms with van der Waals surface area (Å²) in [4.78, 5) is 11.3. The second kappa shape index (κ2) is 11.2. The monoisotopic (exact) mass is 667 g/mol. The number of aromatic nitrogens is 3. The van der Waals surface area contributed by atoms with Crippen molar-refractivity contribution in [2.24, 2.45) is 10.9 Å². The van der Waals surface area contributed by atoms with Crippen LogP contribution in [0, 0.1) is 11.7 Å². The van der Waals surface area contributed by atoms with E-state index in [2.05, 4.69) is 14.8 Å². The molecule has 0 spiro atoms. The van der Waals surface area contributed by atoms with Crippen LogP contribution >= 0.6 is 22.9 Å². The fraction of sp³-hybridized carbons (Fsp3) is 0.464. The van der Waals surface area contributed by atoms with Gasteiger partial charge in [0.1, 0.15) is 11.9 Å². The van der Waals surface area contributed by atoms with Gasteiger partial charge in [-0.15, -0.1) is 11.3 Å². The topological polar surface area (TPSA) is 116 Å². The molecule has 0 unspecified atom stereocenters. The Morgan fingerprint density at radius 1 is 1.18 bits per heavy atom. The molecule has 1 aliphatic carbocycles. The van der Waals surface area contributed by atoms with Crippen molar-refractivity contribution in [2.75, 3.05) is 19.6 Å². The molecule has 7 rings (SSSR count). The molecule has 1 saturated carbocycles. The summed E-state index contributed by atoms with van der Waals surface area (Å²) in [6, 6.07) is 3.91. The van der Waals surface area contributed by atoms with E-state index in [1.165, 1.54) is 33.8 Å². The van der Waals surface area contributed by atoms with Crippen LogP contribution in [0.3, 0.4) is 0 Å². The lowest BCUT2D eigenvalue weighted by Crippen LogP contribution is -2.53. The van der Waals surface area contributed by atoms with Gasteiger partial charge in [-0.05, 0) is 49.8 Å². The molecule has 1 aromatic carbocycles. The number of aliphatic imine (C=N–C) groups is 1. The molecule has 2 saturated heterocycles. The van der Waals surface area contributed by atoms with Crippen molar-refractivity contribution in [3.8, 4) is 0 Å². The summed E-state index contributed by atoms with van der Waals surface area (Å²) in [5, 5.41) is 17.5. The highest BCUT2D eigenvalue weighted by Gasteiger charge is 2.48. The highest BCUT2D eigenvalue weighted by molar-refractivity contribution is 7.87. The Morgan fingerprint density at radius 3 is 2.59 bits per heavy atom. The highest BCUT2D eigenvalue weighted by atomic mass is 35.5. The van der Waals surface area contributed by atoms with E-state index in [4.69, 9.17) is 16.6 Å². The van der Waals surface area contributed by atoms with E-state index in [1.807, 2.05) is 4.90 Å². The molecular formula is C28H29ClF3N7O3S2. The van der Waals surface area contributed by atoms with Gasteiger partial charge in [0.05, 0.1) is 11.3 Å². The molecule has 234 valence electrons. The fourth-order valence-corrected chi connectivity index (χ4v) is 8.76. The number of rotatable bonds is 8. The number of hydrogen-bond donors (Lipinski definition) is 2. The Balaban J connectivity index is 1.26. The number of piperidine rings is 1. The highest BCUT2D eigenvalue weighted by Crippen LogP contribution is 2.47. The number of halogens is 4. The molecule has 4 aliphatic rings. The van der Waals surface area contributed by atoms with E-state index in [0.717, 1.165) is 25.1 Å². The van der Waals surface area contributed by atoms with Crippen molar-refractivity contribution >= 4 is 44.6 Å². The van der Waals surface area contributed by atoms with Crippen LogP contribution in [0.25, 0.3) is 5.57 Å². The zero-order chi connectivity index (χ0) is 30.8. The van der Waals surface area contributed by atoms with Gasteiger partial charge in [0.2, 0.25) is 0 Å². The number of benzene rings is 1. The summed E-state index contributed by atoms with van der Waals surface area (Å²) >= 11 is 7.86. The molecule has 0 amide bonds. The molecule has 3 fully saturated rings. The number of thiazole rings is 1. The largest absolute Gasteiger partial charge is 0.390 e. The van der Waals surface area contributed by atoms with Gasteiger partial charge < -0.3 is 10.0 Å². The van der Waals surface area contributed by atoms with Crippen LogP contribution in [-0.2, 0) is 10.2 Å². The first kappa shape index (κ1) is 29.9. The van der Waals surface area contributed by atoms with Gasteiger partial charge in [-0.25, -0.2) is 14.1 Å². The fourth-order valence-electron chi connectivity index (χ4n) is 6.46. The Hall–Kier alpha value is -2.82. The van der Waals surface area contributed by atoms with Crippen molar-refractivity contribution in [3.05, 3.63) is 74.8 Å². The van der Waals surface area contributed by atoms with Gasteiger partial charge in [-0.2, -0.15) is 31.3 Å². The Kier molecular flexibility index (Phi) is 7.61. The standard InChI is InChI=1S/C28H29ClF3N7O3S2/c29-20-13-17(30)3-4-19(20)24-23(21-5-9-39(35-21)27(31)32)22-14-18(15-38(22)25(34-24)26-33-8-12-43-26)36-44(41,42)37-10-6-28(40,7-11-37)16-1-2-16/h3-5,8-9,12-13,16,18,24,27,36,40H,1-2,6-7,10-11,14-15H2/t18-,24-/m0/s1. The van der Waals surface area contributed by atoms with Crippen molar-refractivity contribution in [3.63, 3.8) is 0 Å². The van der Waals surface area contributed by atoms with Crippen LogP contribution in [-0.4, -0.2) is 74.6 Å². The lowest BCUT2D eigenvalue weighted by molar-refractivity contribution is -0.0247. The number of amidine groups is 1. The lowest BCUT2D eigenvalue weighted by Gasteiger charge is -2.38. The molecule has 16 heteroatoms. The summed E-state index contributed by atoms with van der Waals surface area (Å²) in [5.41, 5.74) is 0.946. The van der Waals surface area contributed by atoms with Crippen molar-refractivity contribution in [1.29, 1.82) is 0 Å². The predicted molar refractivity (Wildman–Crippen MR) is 159 cm³/mol. The number of aliphatic hydroxyl groups is 1. The normalized spacial score (nSPS) is 24.2. The summed E-state index contributed by atoms with van der Waals surface area (Å²) < 4.78 is 73.1. The minimum atomic E-state index is -3.91. The summed E-state index contributed by atoms with van der Waals surface area (Å²) in [5.74, 6) is 0.169. The van der Waals surface area contributed by atoms with Gasteiger partial charge in [-0.1, -0.05) is 17.7 Å². The molecule has 2 atom stereocenters. The Labute approximate surface area is 261 Å². The van der Waals surface area contributed by atoms with Gasteiger partial charge in [-0.3, -0.25) is 4.99 Å². The molecule has 0 radical (unpaired) electrons. The maximum absolute atomic E-state index is 14.1. The van der Waals surface area contributed by atoms with Crippen molar-refractivity contribution in [2.45, 2.75) is 56.3 Å². The van der Waals surface area contributed by atoms with Crippen molar-refractivity contribution in [1.82, 2.24) is 28.7 Å². The first-order valence-corrected chi connectivity index (χ1v) is 17.0. The SMILES string of the molecule is O=S(=O)(N[C@H]1CC2=C(c3ccn(C(F)F)n3)[C@H](c3ccc(F)cc3Cl)N=C(c3nccs3)N2C1)N1CCC(O)(C2CC2)CC1. The van der Waals surface area contributed by atoms with Crippen LogP contribution in [0.4, 0.5) is 13.2 Å². The summed E-state index contributed by atoms with van der Waals surface area (Å²) in [6.45, 7) is -2.24. The van der Waals surface area contributed by atoms with E-state index in [9.17, 15) is 26.7 Å². The molecular weight excluding hydrogens is 639 g/mol. The second-order valence-electron chi connectivity index (χ2n) is 11.6. The van der Waals surface area contributed by atoms with Crippen molar-refractivity contribution < 1.29 is 26.7 Å². The Morgan fingerprint density at radius 2 is 1.95 bits per heavy atom. The van der Waals surface area contributed by atoms with Crippen LogP contribution in [0.2, 0.25) is 5.02 Å². The second-order valence-corrected chi connectivity index (χ2v) is 14.6. The lowest BCUT2D eigenvalue weighted by atomic mass is 9.88. The van der Waals surface area contributed by atoms with E-state index < -0.39 is 40.3 Å². The number of nitrogens with one attached hydrogen (secondary N) is 1. The summed E-state index contributed by atoms with van der Waals surface area (Å²) in [7, 11) is -3.91.